The third-order valence-corrected chi connectivity index (χ3v) is 4.28. The Morgan fingerprint density at radius 2 is 1.72 bits per heavy atom. The average molecular weight is 335 g/mol. The topological polar surface area (TPSA) is 48.3 Å². The van der Waals surface area contributed by atoms with Crippen molar-refractivity contribution in [1.82, 2.24) is 15.1 Å². The highest BCUT2D eigenvalue weighted by atomic mass is 16.5. The summed E-state index contributed by atoms with van der Waals surface area (Å²) in [6.07, 6.45) is 6.10. The van der Waals surface area contributed by atoms with Gasteiger partial charge in [-0.05, 0) is 74.0 Å². The lowest BCUT2D eigenvalue weighted by atomic mass is 10.2. The van der Waals surface area contributed by atoms with Crippen LogP contribution in [0.3, 0.4) is 0 Å². The van der Waals surface area contributed by atoms with Gasteiger partial charge in [0.05, 0.1) is 5.69 Å². The Balaban J connectivity index is 1.34. The molecule has 4 rings (SSSR count). The van der Waals surface area contributed by atoms with Crippen molar-refractivity contribution in [3.05, 3.63) is 67.0 Å². The van der Waals surface area contributed by atoms with Crippen LogP contribution in [0, 0.1) is 0 Å². The molecular weight excluding hydrogens is 314 g/mol. The number of benzene rings is 2. The van der Waals surface area contributed by atoms with Gasteiger partial charge in [-0.3, -0.25) is 0 Å². The molecule has 5 nitrogen and oxygen atoms in total. The van der Waals surface area contributed by atoms with Crippen molar-refractivity contribution in [3.8, 4) is 22.9 Å². The Kier molecular flexibility index (Phi) is 4.65. The second-order valence-corrected chi connectivity index (χ2v) is 6.12. The minimum atomic E-state index is 0.476. The molecule has 1 aliphatic rings. The summed E-state index contributed by atoms with van der Waals surface area (Å²) in [7, 11) is 0. The van der Waals surface area contributed by atoms with Crippen molar-refractivity contribution in [2.24, 2.45) is 0 Å². The van der Waals surface area contributed by atoms with Gasteiger partial charge in [-0.1, -0.05) is 0 Å². The van der Waals surface area contributed by atoms with Crippen LogP contribution in [-0.2, 0) is 0 Å². The van der Waals surface area contributed by atoms with Gasteiger partial charge in [0.2, 0.25) is 0 Å². The molecule has 1 aromatic heterocycles. The van der Waals surface area contributed by atoms with Crippen LogP contribution in [0.5, 0.6) is 17.2 Å². The molecule has 0 aliphatic carbocycles. The molecule has 3 aromatic rings. The summed E-state index contributed by atoms with van der Waals surface area (Å²) < 4.78 is 13.5. The normalized spacial score (nSPS) is 16.7. The van der Waals surface area contributed by atoms with Crippen LogP contribution in [0.25, 0.3) is 5.69 Å². The molecule has 0 bridgehead atoms. The van der Waals surface area contributed by atoms with Crippen LogP contribution in [0.1, 0.15) is 12.8 Å². The highest BCUT2D eigenvalue weighted by Gasteiger charge is 2.14. The molecule has 0 spiro atoms. The van der Waals surface area contributed by atoms with Gasteiger partial charge in [0.15, 0.2) is 0 Å². The summed E-state index contributed by atoms with van der Waals surface area (Å²) in [6.45, 7) is 1.81. The predicted octanol–water partition coefficient (Wildman–Crippen LogP) is 3.80. The Morgan fingerprint density at radius 3 is 2.36 bits per heavy atom. The standard InChI is InChI=1S/C20H21N3O2/c1-3-16(21-12-1)15-24-18-8-10-20(11-9-18)25-19-6-4-17(5-7-19)23-14-2-13-22-23/h2,4-11,13-14,16,21H,1,3,12,15H2. The lowest BCUT2D eigenvalue weighted by Gasteiger charge is -2.12. The molecule has 0 radical (unpaired) electrons. The molecule has 1 unspecified atom stereocenters. The van der Waals surface area contributed by atoms with E-state index in [0.29, 0.717) is 6.04 Å². The minimum Gasteiger partial charge on any atom is -0.492 e. The molecule has 1 fully saturated rings. The quantitative estimate of drug-likeness (QED) is 0.744. The number of nitrogens with zero attached hydrogens (tertiary/aromatic N) is 2. The van der Waals surface area contributed by atoms with Crippen molar-refractivity contribution < 1.29 is 9.47 Å². The largest absolute Gasteiger partial charge is 0.492 e. The Bertz CT molecular complexity index is 777. The maximum atomic E-state index is 5.89. The maximum absolute atomic E-state index is 5.89. The zero-order chi connectivity index (χ0) is 16.9. The molecule has 2 aromatic carbocycles. The Morgan fingerprint density at radius 1 is 1.00 bits per heavy atom. The summed E-state index contributed by atoms with van der Waals surface area (Å²) in [5.74, 6) is 2.45. The van der Waals surface area contributed by atoms with Crippen LogP contribution in [0.4, 0.5) is 0 Å². The highest BCUT2D eigenvalue weighted by molar-refractivity contribution is 5.40. The molecule has 0 amide bonds. The summed E-state index contributed by atoms with van der Waals surface area (Å²) in [6, 6.07) is 18.0. The van der Waals surface area contributed by atoms with Crippen LogP contribution in [0.2, 0.25) is 0 Å². The molecule has 25 heavy (non-hydrogen) atoms. The fraction of sp³-hybridized carbons (Fsp3) is 0.250. The monoisotopic (exact) mass is 335 g/mol. The van der Waals surface area contributed by atoms with Crippen molar-refractivity contribution in [1.29, 1.82) is 0 Å². The van der Waals surface area contributed by atoms with Gasteiger partial charge in [0, 0.05) is 18.4 Å². The lowest BCUT2D eigenvalue weighted by molar-refractivity contribution is 0.277. The Hall–Kier alpha value is -2.79. The lowest BCUT2D eigenvalue weighted by Crippen LogP contribution is -2.28. The summed E-state index contributed by atoms with van der Waals surface area (Å²) in [5.41, 5.74) is 1.00. The van der Waals surface area contributed by atoms with Gasteiger partial charge in [-0.2, -0.15) is 5.10 Å². The summed E-state index contributed by atoms with van der Waals surface area (Å²) in [5, 5.41) is 7.64. The molecule has 5 heteroatoms. The van der Waals surface area contributed by atoms with Crippen LogP contribution >= 0.6 is 0 Å². The van der Waals surface area contributed by atoms with E-state index in [1.54, 1.807) is 6.20 Å². The van der Waals surface area contributed by atoms with Crippen molar-refractivity contribution in [2.75, 3.05) is 13.2 Å². The van der Waals surface area contributed by atoms with Gasteiger partial charge in [-0.15, -0.1) is 0 Å². The third-order valence-electron chi connectivity index (χ3n) is 4.28. The van der Waals surface area contributed by atoms with Crippen LogP contribution in [-0.4, -0.2) is 29.0 Å². The number of hydrogen-bond acceptors (Lipinski definition) is 4. The SMILES string of the molecule is c1cnn(-c2ccc(Oc3ccc(OCC4CCCN4)cc3)cc2)c1. The van der Waals surface area contributed by atoms with Crippen molar-refractivity contribution in [2.45, 2.75) is 18.9 Å². The van der Waals surface area contributed by atoms with E-state index in [0.717, 1.165) is 36.1 Å². The molecule has 0 saturated carbocycles. The second kappa shape index (κ2) is 7.40. The van der Waals surface area contributed by atoms with Gasteiger partial charge in [0.1, 0.15) is 23.9 Å². The van der Waals surface area contributed by atoms with Gasteiger partial charge >= 0.3 is 0 Å². The molecule has 128 valence electrons. The Labute approximate surface area is 147 Å². The van der Waals surface area contributed by atoms with Gasteiger partial charge in [0.25, 0.3) is 0 Å². The highest BCUT2D eigenvalue weighted by Crippen LogP contribution is 2.25. The maximum Gasteiger partial charge on any atom is 0.127 e. The first kappa shape index (κ1) is 15.7. The fourth-order valence-electron chi connectivity index (χ4n) is 2.92. The molecule has 1 saturated heterocycles. The average Bonchev–Trinajstić information content (AvgIpc) is 3.36. The van der Waals surface area contributed by atoms with Gasteiger partial charge in [-0.25, -0.2) is 4.68 Å². The minimum absolute atomic E-state index is 0.476. The first-order chi connectivity index (χ1) is 12.4. The molecule has 2 heterocycles. The number of ether oxygens (including phenoxy) is 2. The van der Waals surface area contributed by atoms with E-state index in [9.17, 15) is 0 Å². The third kappa shape index (κ3) is 4.00. The first-order valence-electron chi connectivity index (χ1n) is 8.61. The number of rotatable bonds is 6. The van der Waals surface area contributed by atoms with E-state index >= 15 is 0 Å². The zero-order valence-corrected chi connectivity index (χ0v) is 14.0. The fourth-order valence-corrected chi connectivity index (χ4v) is 2.92. The van der Waals surface area contributed by atoms with E-state index in [1.165, 1.54) is 12.8 Å². The van der Waals surface area contributed by atoms with E-state index in [2.05, 4.69) is 10.4 Å². The van der Waals surface area contributed by atoms with Crippen molar-refractivity contribution in [3.63, 3.8) is 0 Å². The van der Waals surface area contributed by atoms with Crippen LogP contribution < -0.4 is 14.8 Å². The smallest absolute Gasteiger partial charge is 0.127 e. The zero-order valence-electron chi connectivity index (χ0n) is 14.0. The van der Waals surface area contributed by atoms with Crippen LogP contribution in [0.15, 0.2) is 67.0 Å². The number of hydrogen-bond donors (Lipinski definition) is 1. The second-order valence-electron chi connectivity index (χ2n) is 6.12. The molecule has 1 N–H and O–H groups in total. The van der Waals surface area contributed by atoms with E-state index in [4.69, 9.17) is 9.47 Å². The van der Waals surface area contributed by atoms with E-state index in [-0.39, 0.29) is 0 Å². The summed E-state index contributed by atoms with van der Waals surface area (Å²) >= 11 is 0. The predicted molar refractivity (Wildman–Crippen MR) is 96.6 cm³/mol. The number of aromatic nitrogens is 2. The molecule has 1 atom stereocenters. The van der Waals surface area contributed by atoms with E-state index < -0.39 is 0 Å². The summed E-state index contributed by atoms with van der Waals surface area (Å²) in [4.78, 5) is 0. The number of nitrogens with one attached hydrogen (secondary N) is 1. The van der Waals surface area contributed by atoms with E-state index in [1.807, 2.05) is 65.5 Å². The van der Waals surface area contributed by atoms with Gasteiger partial charge < -0.3 is 14.8 Å². The first-order valence-corrected chi connectivity index (χ1v) is 8.61. The van der Waals surface area contributed by atoms with Crippen molar-refractivity contribution >= 4 is 0 Å². The molecular formula is C20H21N3O2. The molecule has 1 aliphatic heterocycles.